The van der Waals surface area contributed by atoms with Crippen LogP contribution in [0.3, 0.4) is 0 Å². The molecule has 0 aromatic heterocycles. The van der Waals surface area contributed by atoms with Crippen molar-refractivity contribution in [2.75, 3.05) is 0 Å². The van der Waals surface area contributed by atoms with Crippen molar-refractivity contribution in [1.82, 2.24) is 0 Å². The maximum atomic E-state index is 12.8. The smallest absolute Gasteiger partial charge is 0.289 e. The van der Waals surface area contributed by atoms with E-state index in [0.717, 1.165) is 11.6 Å². The number of allylic oxidation sites excluding steroid dienone is 1. The van der Waals surface area contributed by atoms with E-state index in [9.17, 15) is 18.0 Å². The largest absolute Gasteiger partial charge is 0.416 e. The van der Waals surface area contributed by atoms with Crippen molar-refractivity contribution in [2.45, 2.75) is 13.1 Å². The molecule has 0 spiro atoms. The van der Waals surface area contributed by atoms with E-state index in [0.29, 0.717) is 5.56 Å². The predicted molar refractivity (Wildman–Crippen MR) is 76.0 cm³/mol. The molecule has 1 nitrogen and oxygen atoms in total. The molecule has 2 aromatic rings. The van der Waals surface area contributed by atoms with E-state index >= 15 is 0 Å². The van der Waals surface area contributed by atoms with Crippen LogP contribution in [0, 0.1) is 6.92 Å². The molecular formula is C17H13F3O. The Morgan fingerprint density at radius 3 is 2.29 bits per heavy atom. The molecule has 0 saturated carbocycles. The van der Waals surface area contributed by atoms with Gasteiger partial charge in [0.15, 0.2) is 5.78 Å². The van der Waals surface area contributed by atoms with E-state index < -0.39 is 11.7 Å². The van der Waals surface area contributed by atoms with Crippen LogP contribution in [0.4, 0.5) is 13.2 Å². The molecule has 0 heterocycles. The van der Waals surface area contributed by atoms with Gasteiger partial charge in [-0.3, -0.25) is 4.79 Å². The second-order valence-electron chi connectivity index (χ2n) is 4.60. The van der Waals surface area contributed by atoms with Gasteiger partial charge in [-0.05, 0) is 30.2 Å². The van der Waals surface area contributed by atoms with Gasteiger partial charge in [-0.15, -0.1) is 0 Å². The lowest BCUT2D eigenvalue weighted by atomic mass is 10.0. The van der Waals surface area contributed by atoms with Crippen molar-refractivity contribution < 1.29 is 18.0 Å². The molecule has 0 atom stereocenters. The van der Waals surface area contributed by atoms with Crippen LogP contribution < -0.4 is 0 Å². The number of halogens is 3. The van der Waals surface area contributed by atoms with Crippen LogP contribution in [0.1, 0.15) is 27.0 Å². The molecule has 21 heavy (non-hydrogen) atoms. The summed E-state index contributed by atoms with van der Waals surface area (Å²) in [5.74, 6) is -0.315. The van der Waals surface area contributed by atoms with Gasteiger partial charge in [-0.25, -0.2) is 0 Å². The Bertz CT molecular complexity index is 684. The number of aryl methyl sites for hydroxylation is 1. The Labute approximate surface area is 120 Å². The van der Waals surface area contributed by atoms with Gasteiger partial charge >= 0.3 is 6.18 Å². The standard InChI is InChI=1S/C17H13F3O/c1-12-6-2-4-8-14(12)16(21)11-10-13-7-3-5-9-15(13)17(18,19)20/h2-11H,1H3/b11-10+. The average Bonchev–Trinajstić information content (AvgIpc) is 2.44. The lowest BCUT2D eigenvalue weighted by Crippen LogP contribution is -2.07. The highest BCUT2D eigenvalue weighted by Gasteiger charge is 2.32. The van der Waals surface area contributed by atoms with Crippen LogP contribution in [0.2, 0.25) is 0 Å². The van der Waals surface area contributed by atoms with E-state index in [2.05, 4.69) is 0 Å². The van der Waals surface area contributed by atoms with Gasteiger partial charge in [0.05, 0.1) is 5.56 Å². The first-order chi connectivity index (χ1) is 9.89. The fraction of sp³-hybridized carbons (Fsp3) is 0.118. The SMILES string of the molecule is Cc1ccccc1C(=O)/C=C/c1ccccc1C(F)(F)F. The molecule has 0 amide bonds. The number of alkyl halides is 3. The number of carbonyl (C=O) groups excluding carboxylic acids is 1. The highest BCUT2D eigenvalue weighted by atomic mass is 19.4. The Hall–Kier alpha value is -2.36. The van der Waals surface area contributed by atoms with Crippen LogP contribution >= 0.6 is 0 Å². The summed E-state index contributed by atoms with van der Waals surface area (Å²) in [5, 5.41) is 0. The van der Waals surface area contributed by atoms with Gasteiger partial charge in [-0.2, -0.15) is 13.2 Å². The Balaban J connectivity index is 2.31. The molecular weight excluding hydrogens is 277 g/mol. The van der Waals surface area contributed by atoms with Crippen molar-refractivity contribution in [3.8, 4) is 0 Å². The monoisotopic (exact) mass is 290 g/mol. The predicted octanol–water partition coefficient (Wildman–Crippen LogP) is 4.91. The number of carbonyl (C=O) groups is 1. The summed E-state index contributed by atoms with van der Waals surface area (Å²) in [6, 6.07) is 12.1. The van der Waals surface area contributed by atoms with E-state index in [1.165, 1.54) is 30.4 Å². The number of hydrogen-bond acceptors (Lipinski definition) is 1. The van der Waals surface area contributed by atoms with Crippen molar-refractivity contribution >= 4 is 11.9 Å². The third-order valence-corrected chi connectivity index (χ3v) is 3.09. The molecule has 0 N–H and O–H groups in total. The first-order valence-corrected chi connectivity index (χ1v) is 6.34. The van der Waals surface area contributed by atoms with Gasteiger partial charge < -0.3 is 0 Å². The zero-order valence-electron chi connectivity index (χ0n) is 11.3. The molecule has 4 heteroatoms. The zero-order chi connectivity index (χ0) is 15.5. The van der Waals surface area contributed by atoms with E-state index in [-0.39, 0.29) is 11.3 Å². The van der Waals surface area contributed by atoms with E-state index in [1.807, 2.05) is 0 Å². The minimum Gasteiger partial charge on any atom is -0.289 e. The molecule has 2 aromatic carbocycles. The summed E-state index contributed by atoms with van der Waals surface area (Å²) in [6.07, 6.45) is -2.06. The highest BCUT2D eigenvalue weighted by Crippen LogP contribution is 2.32. The van der Waals surface area contributed by atoms with E-state index in [1.54, 1.807) is 31.2 Å². The van der Waals surface area contributed by atoms with Gasteiger partial charge in [0.25, 0.3) is 0 Å². The molecule has 0 aliphatic carbocycles. The topological polar surface area (TPSA) is 17.1 Å². The molecule has 0 aliphatic rings. The van der Waals surface area contributed by atoms with Gasteiger partial charge in [0.1, 0.15) is 0 Å². The third kappa shape index (κ3) is 3.60. The first-order valence-electron chi connectivity index (χ1n) is 6.34. The number of rotatable bonds is 3. The normalized spacial score (nSPS) is 11.8. The highest BCUT2D eigenvalue weighted by molar-refractivity contribution is 6.07. The maximum absolute atomic E-state index is 12.8. The Kier molecular flexibility index (Phi) is 4.26. The Morgan fingerprint density at radius 1 is 1.00 bits per heavy atom. The molecule has 0 saturated heterocycles. The Morgan fingerprint density at radius 2 is 1.62 bits per heavy atom. The van der Waals surface area contributed by atoms with Gasteiger partial charge in [-0.1, -0.05) is 48.5 Å². The van der Waals surface area contributed by atoms with Crippen molar-refractivity contribution in [1.29, 1.82) is 0 Å². The first kappa shape index (κ1) is 15.0. The second-order valence-corrected chi connectivity index (χ2v) is 4.60. The number of hydrogen-bond donors (Lipinski definition) is 0. The molecule has 108 valence electrons. The van der Waals surface area contributed by atoms with Crippen molar-refractivity contribution in [3.05, 3.63) is 76.9 Å². The zero-order valence-corrected chi connectivity index (χ0v) is 11.3. The fourth-order valence-corrected chi connectivity index (χ4v) is 2.01. The van der Waals surface area contributed by atoms with Crippen LogP contribution in [0.15, 0.2) is 54.6 Å². The number of benzene rings is 2. The van der Waals surface area contributed by atoms with Crippen LogP contribution in [-0.4, -0.2) is 5.78 Å². The summed E-state index contributed by atoms with van der Waals surface area (Å²) < 4.78 is 38.5. The average molecular weight is 290 g/mol. The van der Waals surface area contributed by atoms with Gasteiger partial charge in [0, 0.05) is 5.56 Å². The lowest BCUT2D eigenvalue weighted by Gasteiger charge is -2.09. The fourth-order valence-electron chi connectivity index (χ4n) is 2.01. The molecule has 0 radical (unpaired) electrons. The molecule has 0 bridgehead atoms. The third-order valence-electron chi connectivity index (χ3n) is 3.09. The van der Waals surface area contributed by atoms with Crippen molar-refractivity contribution in [3.63, 3.8) is 0 Å². The summed E-state index contributed by atoms with van der Waals surface area (Å²) >= 11 is 0. The van der Waals surface area contributed by atoms with Crippen molar-refractivity contribution in [2.24, 2.45) is 0 Å². The van der Waals surface area contributed by atoms with Crippen LogP contribution in [0.5, 0.6) is 0 Å². The molecule has 2 rings (SSSR count). The van der Waals surface area contributed by atoms with Crippen LogP contribution in [0.25, 0.3) is 6.08 Å². The summed E-state index contributed by atoms with van der Waals surface area (Å²) in [4.78, 5) is 12.0. The van der Waals surface area contributed by atoms with Crippen LogP contribution in [-0.2, 0) is 6.18 Å². The maximum Gasteiger partial charge on any atom is 0.416 e. The number of ketones is 1. The summed E-state index contributed by atoms with van der Waals surface area (Å²) in [5.41, 5.74) is 0.500. The second kappa shape index (κ2) is 5.95. The minimum atomic E-state index is -4.44. The lowest BCUT2D eigenvalue weighted by molar-refractivity contribution is -0.137. The molecule has 0 unspecified atom stereocenters. The van der Waals surface area contributed by atoms with Gasteiger partial charge in [0.2, 0.25) is 0 Å². The molecule has 0 fully saturated rings. The van der Waals surface area contributed by atoms with E-state index in [4.69, 9.17) is 0 Å². The summed E-state index contributed by atoms with van der Waals surface area (Å²) in [6.45, 7) is 1.78. The quantitative estimate of drug-likeness (QED) is 0.580. The molecule has 0 aliphatic heterocycles. The minimum absolute atomic E-state index is 0.0214. The summed E-state index contributed by atoms with van der Waals surface area (Å²) in [7, 11) is 0.